The molecule has 0 heterocycles. The number of amides is 1. The normalized spacial score (nSPS) is 13.6. The molecule has 2 rings (SSSR count). The lowest BCUT2D eigenvalue weighted by Crippen LogP contribution is -3.09. The van der Waals surface area contributed by atoms with Gasteiger partial charge in [-0.2, -0.15) is 13.2 Å². The SMILES string of the molecule is CC(=O)[C@H](Cc1ccccc1)NC(=O)C[NH+](C)Cc1ccc(C(F)(F)F)cc1. The standard InChI is InChI=1S/C21H23F3N2O2/c1-15(27)19(12-16-6-4-3-5-7-16)25-20(28)14-26(2)13-17-8-10-18(11-9-17)21(22,23)24/h3-11,19H,12-14H2,1-2H3,(H,25,28)/p+1/t19-/m0/s1. The predicted molar refractivity (Wildman–Crippen MR) is 99.7 cm³/mol. The van der Waals surface area contributed by atoms with Crippen LogP contribution in [0, 0.1) is 0 Å². The highest BCUT2D eigenvalue weighted by Gasteiger charge is 2.30. The molecular weight excluding hydrogens is 369 g/mol. The second kappa shape index (κ2) is 9.50. The fraction of sp³-hybridized carbons (Fsp3) is 0.333. The van der Waals surface area contributed by atoms with E-state index in [4.69, 9.17) is 0 Å². The molecule has 0 spiro atoms. The Labute approximate surface area is 162 Å². The minimum absolute atomic E-state index is 0.111. The Morgan fingerprint density at radius 3 is 2.14 bits per heavy atom. The molecule has 2 N–H and O–H groups in total. The van der Waals surface area contributed by atoms with Gasteiger partial charge in [0.2, 0.25) is 0 Å². The minimum Gasteiger partial charge on any atom is -0.341 e. The maximum atomic E-state index is 12.6. The van der Waals surface area contributed by atoms with Crippen LogP contribution in [0.3, 0.4) is 0 Å². The molecule has 150 valence electrons. The van der Waals surface area contributed by atoms with Crippen molar-refractivity contribution in [3.8, 4) is 0 Å². The van der Waals surface area contributed by atoms with Crippen molar-refractivity contribution in [2.24, 2.45) is 0 Å². The van der Waals surface area contributed by atoms with Gasteiger partial charge in [-0.15, -0.1) is 0 Å². The summed E-state index contributed by atoms with van der Waals surface area (Å²) in [5.74, 6) is -0.405. The van der Waals surface area contributed by atoms with E-state index in [9.17, 15) is 22.8 Å². The predicted octanol–water partition coefficient (Wildman–Crippen LogP) is 2.04. The second-order valence-corrected chi connectivity index (χ2v) is 6.93. The number of alkyl halides is 3. The van der Waals surface area contributed by atoms with Crippen LogP contribution in [-0.4, -0.2) is 31.3 Å². The molecule has 0 aliphatic heterocycles. The van der Waals surface area contributed by atoms with Crippen LogP contribution >= 0.6 is 0 Å². The molecule has 1 amide bonds. The van der Waals surface area contributed by atoms with Crippen LogP contribution in [-0.2, 0) is 28.7 Å². The number of rotatable bonds is 8. The number of benzene rings is 2. The van der Waals surface area contributed by atoms with Crippen molar-refractivity contribution >= 4 is 11.7 Å². The zero-order chi connectivity index (χ0) is 20.7. The fourth-order valence-corrected chi connectivity index (χ4v) is 2.89. The van der Waals surface area contributed by atoms with Gasteiger partial charge in [0.1, 0.15) is 6.54 Å². The van der Waals surface area contributed by atoms with Crippen LogP contribution in [0.4, 0.5) is 13.2 Å². The summed E-state index contributed by atoms with van der Waals surface area (Å²) in [5.41, 5.74) is 0.955. The van der Waals surface area contributed by atoms with Crippen LogP contribution in [0.5, 0.6) is 0 Å². The summed E-state index contributed by atoms with van der Waals surface area (Å²) < 4.78 is 37.8. The first kappa shape index (κ1) is 21.6. The Bertz CT molecular complexity index is 790. The van der Waals surface area contributed by atoms with Crippen molar-refractivity contribution in [2.45, 2.75) is 32.1 Å². The highest BCUT2D eigenvalue weighted by molar-refractivity contribution is 5.88. The van der Waals surface area contributed by atoms with Gasteiger partial charge in [0.05, 0.1) is 18.7 Å². The number of carbonyl (C=O) groups excluding carboxylic acids is 2. The van der Waals surface area contributed by atoms with E-state index < -0.39 is 17.8 Å². The molecule has 0 saturated carbocycles. The first-order valence-electron chi connectivity index (χ1n) is 8.96. The maximum absolute atomic E-state index is 12.6. The molecular formula is C21H24F3N2O2+. The van der Waals surface area contributed by atoms with Crippen LogP contribution < -0.4 is 10.2 Å². The van der Waals surface area contributed by atoms with Gasteiger partial charge in [-0.25, -0.2) is 0 Å². The molecule has 0 saturated heterocycles. The van der Waals surface area contributed by atoms with E-state index in [1.807, 2.05) is 30.3 Å². The Kier molecular flexibility index (Phi) is 7.34. The third kappa shape index (κ3) is 6.81. The number of hydrogen-bond donors (Lipinski definition) is 2. The van der Waals surface area contributed by atoms with E-state index in [2.05, 4.69) is 5.32 Å². The highest BCUT2D eigenvalue weighted by atomic mass is 19.4. The maximum Gasteiger partial charge on any atom is 0.416 e. The van der Waals surface area contributed by atoms with Gasteiger partial charge in [-0.05, 0) is 31.0 Å². The molecule has 0 bridgehead atoms. The Balaban J connectivity index is 1.89. The molecule has 2 atom stereocenters. The van der Waals surface area contributed by atoms with E-state index in [1.165, 1.54) is 19.1 Å². The molecule has 7 heteroatoms. The van der Waals surface area contributed by atoms with E-state index in [-0.39, 0.29) is 18.2 Å². The smallest absolute Gasteiger partial charge is 0.341 e. The van der Waals surface area contributed by atoms with Crippen molar-refractivity contribution in [1.82, 2.24) is 5.32 Å². The number of quaternary nitrogens is 1. The quantitative estimate of drug-likeness (QED) is 0.721. The second-order valence-electron chi connectivity index (χ2n) is 6.93. The minimum atomic E-state index is -4.36. The molecule has 1 unspecified atom stereocenters. The summed E-state index contributed by atoms with van der Waals surface area (Å²) in [4.78, 5) is 25.0. The summed E-state index contributed by atoms with van der Waals surface area (Å²) in [6.07, 6.45) is -3.95. The van der Waals surface area contributed by atoms with Crippen molar-refractivity contribution < 1.29 is 27.7 Å². The molecule has 0 aliphatic carbocycles. The Morgan fingerprint density at radius 2 is 1.61 bits per heavy atom. The summed E-state index contributed by atoms with van der Waals surface area (Å²) in [6, 6.07) is 13.7. The van der Waals surface area contributed by atoms with Crippen molar-refractivity contribution in [1.29, 1.82) is 0 Å². The lowest BCUT2D eigenvalue weighted by atomic mass is 10.0. The third-order valence-corrected chi connectivity index (χ3v) is 4.36. The van der Waals surface area contributed by atoms with Crippen molar-refractivity contribution in [3.63, 3.8) is 0 Å². The van der Waals surface area contributed by atoms with E-state index in [1.54, 1.807) is 7.05 Å². The summed E-state index contributed by atoms with van der Waals surface area (Å²) in [6.45, 7) is 1.95. The van der Waals surface area contributed by atoms with Crippen LogP contribution in [0.25, 0.3) is 0 Å². The molecule has 28 heavy (non-hydrogen) atoms. The van der Waals surface area contributed by atoms with Crippen molar-refractivity contribution in [2.75, 3.05) is 13.6 Å². The van der Waals surface area contributed by atoms with Gasteiger partial charge in [0.15, 0.2) is 12.3 Å². The first-order chi connectivity index (χ1) is 13.1. The topological polar surface area (TPSA) is 50.6 Å². The van der Waals surface area contributed by atoms with Gasteiger partial charge in [0, 0.05) is 5.56 Å². The van der Waals surface area contributed by atoms with E-state index in [0.717, 1.165) is 22.6 Å². The van der Waals surface area contributed by atoms with Crippen molar-refractivity contribution in [3.05, 3.63) is 71.3 Å². The zero-order valence-electron chi connectivity index (χ0n) is 15.8. The van der Waals surface area contributed by atoms with E-state index >= 15 is 0 Å². The Morgan fingerprint density at radius 1 is 1.00 bits per heavy atom. The molecule has 0 radical (unpaired) electrons. The molecule has 2 aromatic rings. The van der Waals surface area contributed by atoms with Gasteiger partial charge in [0.25, 0.3) is 5.91 Å². The largest absolute Gasteiger partial charge is 0.416 e. The van der Waals surface area contributed by atoms with Gasteiger partial charge in [-0.3, -0.25) is 9.59 Å². The van der Waals surface area contributed by atoms with Gasteiger partial charge in [-0.1, -0.05) is 42.5 Å². The lowest BCUT2D eigenvalue weighted by molar-refractivity contribution is -0.885. The monoisotopic (exact) mass is 393 g/mol. The highest BCUT2D eigenvalue weighted by Crippen LogP contribution is 2.28. The molecule has 2 aromatic carbocycles. The fourth-order valence-electron chi connectivity index (χ4n) is 2.89. The number of halogens is 3. The number of likely N-dealkylation sites (N-methyl/N-ethyl adjacent to an activating group) is 1. The summed E-state index contributed by atoms with van der Waals surface area (Å²) >= 11 is 0. The first-order valence-corrected chi connectivity index (χ1v) is 8.96. The van der Waals surface area contributed by atoms with Crippen LogP contribution in [0.1, 0.15) is 23.6 Å². The summed E-state index contributed by atoms with van der Waals surface area (Å²) in [7, 11) is 1.78. The molecule has 4 nitrogen and oxygen atoms in total. The molecule has 0 aliphatic rings. The number of nitrogens with one attached hydrogen (secondary N) is 2. The number of hydrogen-bond acceptors (Lipinski definition) is 2. The lowest BCUT2D eigenvalue weighted by Gasteiger charge is -2.18. The average molecular weight is 393 g/mol. The zero-order valence-corrected chi connectivity index (χ0v) is 15.8. The Hall–Kier alpha value is -2.67. The number of Topliss-reactive ketones (excluding diaryl/α,β-unsaturated/α-hetero) is 1. The molecule has 0 fully saturated rings. The third-order valence-electron chi connectivity index (χ3n) is 4.36. The molecule has 0 aromatic heterocycles. The summed E-state index contributed by atoms with van der Waals surface area (Å²) in [5, 5.41) is 2.75. The average Bonchev–Trinajstić information content (AvgIpc) is 2.61. The van der Waals surface area contributed by atoms with Gasteiger partial charge >= 0.3 is 6.18 Å². The van der Waals surface area contributed by atoms with Gasteiger partial charge < -0.3 is 10.2 Å². The number of ketones is 1. The van der Waals surface area contributed by atoms with E-state index in [0.29, 0.717) is 18.5 Å². The van der Waals surface area contributed by atoms with Crippen LogP contribution in [0.15, 0.2) is 54.6 Å². The van der Waals surface area contributed by atoms with Crippen LogP contribution in [0.2, 0.25) is 0 Å². The number of carbonyl (C=O) groups is 2.